The predicted octanol–water partition coefficient (Wildman–Crippen LogP) is 4.18. The molecule has 28 heavy (non-hydrogen) atoms. The fourth-order valence-electron chi connectivity index (χ4n) is 2.37. The zero-order valence-corrected chi connectivity index (χ0v) is 16.6. The molecule has 0 aliphatic heterocycles. The number of benzene rings is 1. The molecule has 0 aliphatic rings. The van der Waals surface area contributed by atoms with Crippen LogP contribution in [-0.2, 0) is 0 Å². The van der Waals surface area contributed by atoms with Crippen LogP contribution in [0.25, 0.3) is 10.6 Å². The largest absolute Gasteiger partial charge is 0.481 e. The van der Waals surface area contributed by atoms with Gasteiger partial charge in [0.05, 0.1) is 18.4 Å². The summed E-state index contributed by atoms with van der Waals surface area (Å²) in [6.07, 6.45) is 3.34. The second kappa shape index (κ2) is 9.67. The van der Waals surface area contributed by atoms with Gasteiger partial charge < -0.3 is 15.4 Å². The number of carbonyl (C=O) groups is 1. The minimum atomic E-state index is -0.725. The molecule has 0 aliphatic carbocycles. The van der Waals surface area contributed by atoms with Gasteiger partial charge in [-0.1, -0.05) is 6.07 Å². The molecule has 3 aromatic rings. The third-order valence-electron chi connectivity index (χ3n) is 3.75. The first kappa shape index (κ1) is 20.3. The number of ether oxygens (including phenoxy) is 1. The maximum Gasteiger partial charge on any atom is 0.275 e. The minimum Gasteiger partial charge on any atom is -0.481 e. The molecule has 0 saturated heterocycles. The van der Waals surface area contributed by atoms with E-state index >= 15 is 0 Å². The first-order valence-corrected chi connectivity index (χ1v) is 10.2. The summed E-state index contributed by atoms with van der Waals surface area (Å²) in [5.41, 5.74) is 0.262. The number of anilines is 1. The molecule has 0 bridgehead atoms. The highest BCUT2D eigenvalue weighted by Crippen LogP contribution is 2.31. The van der Waals surface area contributed by atoms with Gasteiger partial charge in [-0.05, 0) is 38.6 Å². The fraction of sp³-hybridized carbons (Fsp3) is 0.278. The van der Waals surface area contributed by atoms with Crippen molar-refractivity contribution >= 4 is 34.5 Å². The van der Waals surface area contributed by atoms with Gasteiger partial charge in [-0.3, -0.25) is 4.79 Å². The summed E-state index contributed by atoms with van der Waals surface area (Å²) in [6.45, 7) is 1.42. The molecule has 1 aromatic carbocycles. The highest BCUT2D eigenvalue weighted by atomic mass is 32.1. The maximum atomic E-state index is 13.9. The zero-order valence-electron chi connectivity index (χ0n) is 15.0. The van der Waals surface area contributed by atoms with Gasteiger partial charge in [-0.2, -0.15) is 4.37 Å². The van der Waals surface area contributed by atoms with E-state index in [1.54, 1.807) is 0 Å². The van der Waals surface area contributed by atoms with Crippen molar-refractivity contribution in [2.45, 2.75) is 12.8 Å². The SMILES string of the molecule is CNCCCCOc1sncc1NC(=O)c1csc(-c2c(F)cccc2F)n1. The molecule has 0 atom stereocenters. The number of unbranched alkanes of at least 4 members (excludes halogenated alkanes) is 1. The van der Waals surface area contributed by atoms with E-state index in [4.69, 9.17) is 4.74 Å². The molecule has 0 unspecified atom stereocenters. The van der Waals surface area contributed by atoms with Gasteiger partial charge in [-0.15, -0.1) is 11.3 Å². The Morgan fingerprint density at radius 1 is 1.25 bits per heavy atom. The van der Waals surface area contributed by atoms with E-state index in [1.165, 1.54) is 17.6 Å². The van der Waals surface area contributed by atoms with Crippen molar-refractivity contribution < 1.29 is 18.3 Å². The lowest BCUT2D eigenvalue weighted by Crippen LogP contribution is -2.13. The van der Waals surface area contributed by atoms with Crippen molar-refractivity contribution in [1.29, 1.82) is 0 Å². The van der Waals surface area contributed by atoms with Crippen LogP contribution in [-0.4, -0.2) is 35.5 Å². The van der Waals surface area contributed by atoms with E-state index in [2.05, 4.69) is 20.0 Å². The van der Waals surface area contributed by atoms with E-state index in [0.717, 1.165) is 54.4 Å². The van der Waals surface area contributed by atoms with Gasteiger partial charge in [0.2, 0.25) is 5.06 Å². The second-order valence-corrected chi connectivity index (χ2v) is 7.40. The number of aromatic nitrogens is 2. The third-order valence-corrected chi connectivity index (χ3v) is 5.33. The van der Waals surface area contributed by atoms with E-state index < -0.39 is 17.5 Å². The topological polar surface area (TPSA) is 76.1 Å². The van der Waals surface area contributed by atoms with Crippen molar-refractivity contribution in [3.63, 3.8) is 0 Å². The van der Waals surface area contributed by atoms with Crippen LogP contribution in [0, 0.1) is 11.6 Å². The number of carbonyl (C=O) groups excluding carboxylic acids is 1. The molecular weight excluding hydrogens is 406 g/mol. The van der Waals surface area contributed by atoms with E-state index in [1.807, 2.05) is 7.05 Å². The fourth-order valence-corrected chi connectivity index (χ4v) is 3.81. The summed E-state index contributed by atoms with van der Waals surface area (Å²) in [5, 5.41) is 7.81. The lowest BCUT2D eigenvalue weighted by Gasteiger charge is -2.06. The van der Waals surface area contributed by atoms with Gasteiger partial charge in [-0.25, -0.2) is 13.8 Å². The summed E-state index contributed by atoms with van der Waals surface area (Å²) in [6, 6.07) is 3.58. The van der Waals surface area contributed by atoms with Crippen molar-refractivity contribution in [2.75, 3.05) is 25.5 Å². The number of hydrogen-bond donors (Lipinski definition) is 2. The lowest BCUT2D eigenvalue weighted by atomic mass is 10.2. The van der Waals surface area contributed by atoms with Crippen LogP contribution >= 0.6 is 22.9 Å². The average molecular weight is 424 g/mol. The Balaban J connectivity index is 1.65. The smallest absolute Gasteiger partial charge is 0.275 e. The highest BCUT2D eigenvalue weighted by molar-refractivity contribution is 7.13. The molecule has 3 rings (SSSR count). The van der Waals surface area contributed by atoms with Gasteiger partial charge >= 0.3 is 0 Å². The molecule has 148 valence electrons. The number of nitrogens with zero attached hydrogens (tertiary/aromatic N) is 2. The number of amides is 1. The molecule has 0 saturated carbocycles. The van der Waals surface area contributed by atoms with E-state index in [0.29, 0.717) is 17.4 Å². The van der Waals surface area contributed by atoms with Crippen LogP contribution in [0.1, 0.15) is 23.3 Å². The molecule has 2 aromatic heterocycles. The average Bonchev–Trinajstić information content (AvgIpc) is 3.31. The summed E-state index contributed by atoms with van der Waals surface area (Å²) >= 11 is 2.13. The van der Waals surface area contributed by atoms with Gasteiger partial charge in [0.15, 0.2) is 0 Å². The van der Waals surface area contributed by atoms with Crippen molar-refractivity contribution in [2.24, 2.45) is 0 Å². The Morgan fingerprint density at radius 3 is 2.79 bits per heavy atom. The number of halogens is 2. The Kier molecular flexibility index (Phi) is 7.01. The first-order chi connectivity index (χ1) is 13.6. The normalized spacial score (nSPS) is 10.8. The molecule has 6 nitrogen and oxygen atoms in total. The van der Waals surface area contributed by atoms with Crippen LogP contribution in [0.5, 0.6) is 5.06 Å². The zero-order chi connectivity index (χ0) is 19.9. The molecule has 10 heteroatoms. The van der Waals surface area contributed by atoms with Gasteiger partial charge in [0.1, 0.15) is 28.0 Å². The van der Waals surface area contributed by atoms with Crippen molar-refractivity contribution in [3.8, 4) is 15.6 Å². The Hall–Kier alpha value is -2.43. The van der Waals surface area contributed by atoms with Gasteiger partial charge in [0, 0.05) is 16.9 Å². The lowest BCUT2D eigenvalue weighted by molar-refractivity contribution is 0.102. The first-order valence-electron chi connectivity index (χ1n) is 8.53. The molecule has 0 fully saturated rings. The second-order valence-electron chi connectivity index (χ2n) is 5.77. The Labute approximate surface area is 168 Å². The van der Waals surface area contributed by atoms with Crippen molar-refractivity contribution in [1.82, 2.24) is 14.7 Å². The molecular formula is C18H18F2N4O2S2. The Morgan fingerprint density at radius 2 is 2.04 bits per heavy atom. The molecule has 2 N–H and O–H groups in total. The highest BCUT2D eigenvalue weighted by Gasteiger charge is 2.19. The van der Waals surface area contributed by atoms with Crippen molar-refractivity contribution in [3.05, 3.63) is 47.1 Å². The molecule has 1 amide bonds. The monoisotopic (exact) mass is 424 g/mol. The maximum absolute atomic E-state index is 13.9. The van der Waals surface area contributed by atoms with E-state index in [-0.39, 0.29) is 16.3 Å². The summed E-state index contributed by atoms with van der Waals surface area (Å²) < 4.78 is 37.5. The number of thiazole rings is 1. The molecule has 0 radical (unpaired) electrons. The Bertz CT molecular complexity index is 925. The predicted molar refractivity (Wildman–Crippen MR) is 106 cm³/mol. The molecule has 0 spiro atoms. The summed E-state index contributed by atoms with van der Waals surface area (Å²) in [7, 11) is 1.89. The van der Waals surface area contributed by atoms with Crippen LogP contribution in [0.15, 0.2) is 29.8 Å². The minimum absolute atomic E-state index is 0.0637. The number of nitrogens with one attached hydrogen (secondary N) is 2. The van der Waals surface area contributed by atoms with E-state index in [9.17, 15) is 13.6 Å². The van der Waals surface area contributed by atoms with Crippen LogP contribution in [0.4, 0.5) is 14.5 Å². The summed E-state index contributed by atoms with van der Waals surface area (Å²) in [4.78, 5) is 16.5. The van der Waals surface area contributed by atoms with Crippen LogP contribution < -0.4 is 15.4 Å². The van der Waals surface area contributed by atoms with Crippen LogP contribution in [0.2, 0.25) is 0 Å². The summed E-state index contributed by atoms with van der Waals surface area (Å²) in [5.74, 6) is -1.95. The third kappa shape index (κ3) is 4.89. The number of rotatable bonds is 9. The standard InChI is InChI=1S/C18H18F2N4O2S2/c1-21-7-2-3-8-26-18-13(9-22-28-18)23-16(25)14-10-27-17(24-14)15-11(19)5-4-6-12(15)20/h4-6,9-10,21H,2-3,7-8H2,1H3,(H,23,25). The van der Waals surface area contributed by atoms with Crippen LogP contribution in [0.3, 0.4) is 0 Å². The quantitative estimate of drug-likeness (QED) is 0.504. The number of hydrogen-bond acceptors (Lipinski definition) is 7. The molecule has 2 heterocycles. The van der Waals surface area contributed by atoms with Gasteiger partial charge in [0.25, 0.3) is 5.91 Å².